The van der Waals surface area contributed by atoms with Crippen LogP contribution in [0.1, 0.15) is 129 Å². The van der Waals surface area contributed by atoms with E-state index in [0.29, 0.717) is 6.04 Å². The first kappa shape index (κ1) is 35.1. The van der Waals surface area contributed by atoms with E-state index in [2.05, 4.69) is 62.3 Å². The molecule has 0 aliphatic heterocycles. The highest BCUT2D eigenvalue weighted by molar-refractivity contribution is 4.77. The molecule has 1 heteroatoms. The third kappa shape index (κ3) is 57.4. The summed E-state index contributed by atoms with van der Waals surface area (Å²) in [5.41, 5.74) is 5.11. The monoisotopic (exact) mass is 347 g/mol. The van der Waals surface area contributed by atoms with Crippen LogP contribution in [0, 0.1) is 17.8 Å². The van der Waals surface area contributed by atoms with Crippen LogP contribution in [-0.2, 0) is 0 Å². The molecule has 2 N–H and O–H groups in total. The lowest BCUT2D eigenvalue weighted by molar-refractivity contribution is 0.156. The lowest BCUT2D eigenvalue weighted by Gasteiger charge is -2.35. The minimum absolute atomic E-state index is 0.333. The summed E-state index contributed by atoms with van der Waals surface area (Å²) in [6, 6.07) is 0.333. The Kier molecular flexibility index (Phi) is 50.3. The molecular formula is C23H57N. The van der Waals surface area contributed by atoms with Gasteiger partial charge in [-0.25, -0.2) is 0 Å². The molecule has 1 aliphatic rings. The van der Waals surface area contributed by atoms with Crippen molar-refractivity contribution in [2.45, 2.75) is 135 Å². The van der Waals surface area contributed by atoms with Crippen LogP contribution in [0.25, 0.3) is 0 Å². The van der Waals surface area contributed by atoms with Gasteiger partial charge in [0.25, 0.3) is 0 Å². The second-order valence-corrected chi connectivity index (χ2v) is 7.24. The van der Waals surface area contributed by atoms with Crippen molar-refractivity contribution in [2.75, 3.05) is 0 Å². The number of rotatable bonds is 2. The molecule has 0 atom stereocenters. The molecule has 0 aromatic carbocycles. The van der Waals surface area contributed by atoms with E-state index in [1.165, 1.54) is 38.5 Å². The van der Waals surface area contributed by atoms with Crippen LogP contribution in [0.2, 0.25) is 0 Å². The fraction of sp³-hybridized carbons (Fsp3) is 1.00. The van der Waals surface area contributed by atoms with Gasteiger partial charge in [-0.1, -0.05) is 116 Å². The van der Waals surface area contributed by atoms with Gasteiger partial charge in [0.15, 0.2) is 0 Å². The Hall–Kier alpha value is -0.0400. The van der Waals surface area contributed by atoms with Gasteiger partial charge in [-0.2, -0.15) is 0 Å². The highest BCUT2D eigenvalue weighted by Crippen LogP contribution is 2.37. The molecule has 0 spiro atoms. The molecule has 0 unspecified atom stereocenters. The summed E-state index contributed by atoms with van der Waals surface area (Å²) in [6.45, 7) is 27.8. The largest absolute Gasteiger partial charge is 0.328 e. The van der Waals surface area contributed by atoms with Gasteiger partial charge < -0.3 is 5.73 Å². The lowest BCUT2D eigenvalue weighted by Crippen LogP contribution is -2.25. The average molecular weight is 348 g/mol. The zero-order valence-corrected chi connectivity index (χ0v) is 20.1. The van der Waals surface area contributed by atoms with E-state index in [4.69, 9.17) is 5.73 Å². The average Bonchev–Trinajstić information content (AvgIpc) is 2.47. The normalized spacial score (nSPS) is 17.0. The lowest BCUT2D eigenvalue weighted by atomic mass is 9.71. The molecule has 0 amide bonds. The molecule has 1 nitrogen and oxygen atoms in total. The molecule has 24 heavy (non-hydrogen) atoms. The van der Waals surface area contributed by atoms with Crippen LogP contribution in [0.3, 0.4) is 0 Å². The predicted octanol–water partition coefficient (Wildman–Crippen LogP) is 8.71. The maximum absolute atomic E-state index is 5.11. The van der Waals surface area contributed by atoms with Gasteiger partial charge in [0.2, 0.25) is 0 Å². The molecule has 1 aliphatic carbocycles. The van der Waals surface area contributed by atoms with E-state index in [9.17, 15) is 0 Å². The molecule has 0 heterocycles. The highest BCUT2D eigenvalue weighted by atomic mass is 14.6. The summed E-state index contributed by atoms with van der Waals surface area (Å²) in [4.78, 5) is 0. The van der Waals surface area contributed by atoms with E-state index in [1.807, 2.05) is 27.7 Å². The molecule has 0 bridgehead atoms. The van der Waals surface area contributed by atoms with E-state index in [-0.39, 0.29) is 0 Å². The van der Waals surface area contributed by atoms with Crippen molar-refractivity contribution in [3.8, 4) is 0 Å². The van der Waals surface area contributed by atoms with Crippen molar-refractivity contribution in [1.29, 1.82) is 0 Å². The number of hydrogen-bond donors (Lipinski definition) is 1. The zero-order valence-electron chi connectivity index (χ0n) is 20.1. The molecule has 0 saturated heterocycles. The zero-order chi connectivity index (χ0) is 20.6. The Balaban J connectivity index is -0.0000000656. The minimum Gasteiger partial charge on any atom is -0.328 e. The van der Waals surface area contributed by atoms with Crippen LogP contribution < -0.4 is 5.73 Å². The van der Waals surface area contributed by atoms with Gasteiger partial charge in [-0.05, 0) is 36.6 Å². The first-order chi connectivity index (χ1) is 11.2. The summed E-state index contributed by atoms with van der Waals surface area (Å²) in [5, 5.41) is 0. The van der Waals surface area contributed by atoms with Crippen molar-refractivity contribution in [1.82, 2.24) is 0 Å². The summed E-state index contributed by atoms with van der Waals surface area (Å²) in [7, 11) is 0. The Labute approximate surface area is 158 Å². The van der Waals surface area contributed by atoms with Gasteiger partial charge in [0.05, 0.1) is 0 Å². The van der Waals surface area contributed by atoms with E-state index < -0.39 is 0 Å². The molecule has 0 radical (unpaired) electrons. The van der Waals surface area contributed by atoms with E-state index in [0.717, 1.165) is 17.8 Å². The molecule has 154 valence electrons. The fourth-order valence-electron chi connectivity index (χ4n) is 1.51. The summed E-state index contributed by atoms with van der Waals surface area (Å²) >= 11 is 0. The maximum Gasteiger partial charge on any atom is -0.00179 e. The maximum atomic E-state index is 5.11. The van der Waals surface area contributed by atoms with Gasteiger partial charge >= 0.3 is 0 Å². The molecule has 1 rings (SSSR count). The third-order valence-corrected chi connectivity index (χ3v) is 2.85. The van der Waals surface area contributed by atoms with Crippen LogP contribution in [0.15, 0.2) is 0 Å². The predicted molar refractivity (Wildman–Crippen MR) is 120 cm³/mol. The van der Waals surface area contributed by atoms with Crippen LogP contribution in [-0.4, -0.2) is 6.04 Å². The van der Waals surface area contributed by atoms with Gasteiger partial charge in [-0.15, -0.1) is 0 Å². The number of nitrogens with two attached hydrogens (primary N) is 1. The Bertz CT molecular complexity index is 139. The van der Waals surface area contributed by atoms with Crippen LogP contribution in [0.4, 0.5) is 0 Å². The third-order valence-electron chi connectivity index (χ3n) is 2.85. The van der Waals surface area contributed by atoms with Crippen molar-refractivity contribution in [3.05, 3.63) is 0 Å². The van der Waals surface area contributed by atoms with E-state index in [1.54, 1.807) is 0 Å². The standard InChI is InChI=1S/C8H16.C4H10.C3H9N.2C3H8.C2H6/c1-6(2)8-4-7(3)5-8;1-3-4-2;1-3(2)4;2*1-3-2;1-2/h6-8H,4-5H2,1-3H3;3-4H2,1-2H3;3H,4H2,1-2H3;2*3H2,1-2H3;1-2H3. The second kappa shape index (κ2) is 34.3. The van der Waals surface area contributed by atoms with Crippen LogP contribution in [0.5, 0.6) is 0 Å². The van der Waals surface area contributed by atoms with Gasteiger partial charge in [-0.3, -0.25) is 0 Å². The summed E-state index contributed by atoms with van der Waals surface area (Å²) < 4.78 is 0. The van der Waals surface area contributed by atoms with Crippen molar-refractivity contribution >= 4 is 0 Å². The second-order valence-electron chi connectivity index (χ2n) is 7.24. The van der Waals surface area contributed by atoms with Crippen molar-refractivity contribution in [2.24, 2.45) is 23.5 Å². The quantitative estimate of drug-likeness (QED) is 0.531. The fourth-order valence-corrected chi connectivity index (χ4v) is 1.51. The molecule has 0 aromatic heterocycles. The number of hydrogen-bond acceptors (Lipinski definition) is 1. The Morgan fingerprint density at radius 1 is 0.750 bits per heavy atom. The SMILES string of the molecule is CC.CC(C)N.CC1CC(C(C)C)C1.CCC.CCC.CCCC. The van der Waals surface area contributed by atoms with E-state index >= 15 is 0 Å². The Morgan fingerprint density at radius 3 is 1.00 bits per heavy atom. The first-order valence-corrected chi connectivity index (χ1v) is 10.9. The summed E-state index contributed by atoms with van der Waals surface area (Å²) in [5.74, 6) is 3.03. The highest BCUT2D eigenvalue weighted by Gasteiger charge is 2.27. The Morgan fingerprint density at radius 2 is 0.958 bits per heavy atom. The molecule has 1 fully saturated rings. The van der Waals surface area contributed by atoms with Crippen molar-refractivity contribution < 1.29 is 0 Å². The topological polar surface area (TPSA) is 26.0 Å². The molecule has 0 aromatic rings. The van der Waals surface area contributed by atoms with Gasteiger partial charge in [0.1, 0.15) is 0 Å². The smallest absolute Gasteiger partial charge is 0.00179 e. The minimum atomic E-state index is 0.333. The van der Waals surface area contributed by atoms with Gasteiger partial charge in [0, 0.05) is 0 Å². The number of unbranched alkanes of at least 4 members (excludes halogenated alkanes) is 1. The molecular weight excluding hydrogens is 290 g/mol. The molecule has 1 saturated carbocycles. The van der Waals surface area contributed by atoms with Crippen molar-refractivity contribution in [3.63, 3.8) is 0 Å². The first-order valence-electron chi connectivity index (χ1n) is 10.9. The summed E-state index contributed by atoms with van der Waals surface area (Å²) in [6.07, 6.45) is 8.11. The van der Waals surface area contributed by atoms with Crippen LogP contribution >= 0.6 is 0 Å².